The fourth-order valence-corrected chi connectivity index (χ4v) is 4.09. The Balaban J connectivity index is 2.27. The number of hydrogen-bond donors (Lipinski definition) is 1. The number of carbonyl (C=O) groups is 1. The van der Waals surface area contributed by atoms with Gasteiger partial charge in [-0.05, 0) is 47.7 Å². The Morgan fingerprint density at radius 3 is 2.52 bits per heavy atom. The molecule has 1 N–H and O–H groups in total. The van der Waals surface area contributed by atoms with Crippen molar-refractivity contribution in [3.8, 4) is 11.1 Å². The third-order valence-corrected chi connectivity index (χ3v) is 5.71. The molecule has 3 rings (SSSR count). The van der Waals surface area contributed by atoms with Crippen LogP contribution in [0.2, 0.25) is 10.0 Å². The molecule has 0 amide bonds. The Morgan fingerprint density at radius 1 is 1.19 bits per heavy atom. The second-order valence-corrected chi connectivity index (χ2v) is 8.34. The summed E-state index contributed by atoms with van der Waals surface area (Å²) in [5, 5.41) is 11.2. The fraction of sp³-hybridized carbons (Fsp3) is 0.318. The number of Topliss-reactive ketones (excluding diaryl/α,β-unsaturated/α-hetero) is 1. The molecule has 0 spiro atoms. The van der Waals surface area contributed by atoms with Crippen molar-refractivity contribution in [3.05, 3.63) is 63.1 Å². The fourth-order valence-electron chi connectivity index (χ4n) is 3.51. The predicted octanol–water partition coefficient (Wildman–Crippen LogP) is 7.02. The van der Waals surface area contributed by atoms with Crippen molar-refractivity contribution in [2.45, 2.75) is 40.0 Å². The Bertz CT molecular complexity index is 938. The molecule has 2 aromatic carbocycles. The normalized spacial score (nSPS) is 16.7. The molecule has 2 aromatic rings. The number of aryl methyl sites for hydroxylation is 1. The zero-order valence-electron chi connectivity index (χ0n) is 15.5. The molecule has 1 aliphatic carbocycles. The minimum atomic E-state index is -0.531. The molecule has 0 fully saturated rings. The van der Waals surface area contributed by atoms with E-state index in [4.69, 9.17) is 23.2 Å². The second-order valence-electron chi connectivity index (χ2n) is 7.50. The van der Waals surface area contributed by atoms with Crippen LogP contribution in [0.25, 0.3) is 16.7 Å². The van der Waals surface area contributed by atoms with Crippen LogP contribution in [0, 0.1) is 11.2 Å². The van der Waals surface area contributed by atoms with Crippen LogP contribution in [0.3, 0.4) is 0 Å². The van der Waals surface area contributed by atoms with E-state index in [-0.39, 0.29) is 27.2 Å². The van der Waals surface area contributed by atoms with E-state index in [9.17, 15) is 14.3 Å². The molecule has 27 heavy (non-hydrogen) atoms. The first-order valence-corrected chi connectivity index (χ1v) is 9.66. The van der Waals surface area contributed by atoms with Crippen LogP contribution in [0.5, 0.6) is 0 Å². The topological polar surface area (TPSA) is 37.3 Å². The lowest BCUT2D eigenvalue weighted by atomic mass is 9.74. The van der Waals surface area contributed by atoms with E-state index >= 15 is 0 Å². The first-order chi connectivity index (χ1) is 12.7. The Labute approximate surface area is 168 Å². The number of hydrogen-bond acceptors (Lipinski definition) is 2. The summed E-state index contributed by atoms with van der Waals surface area (Å²) in [5.41, 5.74) is 2.17. The van der Waals surface area contributed by atoms with Gasteiger partial charge in [-0.25, -0.2) is 4.39 Å². The van der Waals surface area contributed by atoms with Crippen LogP contribution in [0.4, 0.5) is 4.39 Å². The maximum absolute atomic E-state index is 14.5. The molecule has 5 heteroatoms. The number of halogens is 3. The molecule has 0 aromatic heterocycles. The zero-order valence-corrected chi connectivity index (χ0v) is 17.0. The smallest absolute Gasteiger partial charge is 0.166 e. The lowest BCUT2D eigenvalue weighted by Gasteiger charge is -2.31. The highest BCUT2D eigenvalue weighted by atomic mass is 35.5. The molecule has 0 radical (unpaired) electrons. The van der Waals surface area contributed by atoms with Crippen LogP contribution >= 0.6 is 23.2 Å². The molecule has 0 saturated heterocycles. The van der Waals surface area contributed by atoms with E-state index in [1.165, 1.54) is 12.1 Å². The molecular formula is C22H21Cl2FO2. The minimum Gasteiger partial charge on any atom is -0.511 e. The molecule has 0 atom stereocenters. The van der Waals surface area contributed by atoms with E-state index in [2.05, 4.69) is 0 Å². The molecule has 1 aliphatic rings. The quantitative estimate of drug-likeness (QED) is 0.594. The van der Waals surface area contributed by atoms with Gasteiger partial charge in [0, 0.05) is 22.4 Å². The summed E-state index contributed by atoms with van der Waals surface area (Å²) < 4.78 is 14.5. The standard InChI is InChI=1S/C22H21Cl2FO2/c1-4-12-5-6-13(19-16(24)10-14(23)11-17(19)25)9-15(12)20-18(26)7-8-22(2,3)21(20)27/h5-6,9-11,27H,4,7-8H2,1-3H3. The van der Waals surface area contributed by atoms with Gasteiger partial charge in [0.15, 0.2) is 5.78 Å². The van der Waals surface area contributed by atoms with Gasteiger partial charge in [0.05, 0.1) is 10.6 Å². The number of benzene rings is 2. The molecule has 0 bridgehead atoms. The second kappa shape index (κ2) is 7.29. The predicted molar refractivity (Wildman–Crippen MR) is 109 cm³/mol. The Hall–Kier alpha value is -1.84. The van der Waals surface area contributed by atoms with E-state index in [1.54, 1.807) is 12.1 Å². The highest BCUT2D eigenvalue weighted by Gasteiger charge is 2.35. The number of ketones is 1. The lowest BCUT2D eigenvalue weighted by molar-refractivity contribution is -0.115. The largest absolute Gasteiger partial charge is 0.511 e. The van der Waals surface area contributed by atoms with Crippen LogP contribution in [-0.4, -0.2) is 10.9 Å². The van der Waals surface area contributed by atoms with Gasteiger partial charge < -0.3 is 5.11 Å². The van der Waals surface area contributed by atoms with Gasteiger partial charge in [0.1, 0.15) is 11.6 Å². The Kier molecular flexibility index (Phi) is 5.38. The van der Waals surface area contributed by atoms with Gasteiger partial charge in [0.25, 0.3) is 0 Å². The third kappa shape index (κ3) is 3.63. The molecule has 142 valence electrons. The summed E-state index contributed by atoms with van der Waals surface area (Å²) in [4.78, 5) is 12.7. The van der Waals surface area contributed by atoms with Gasteiger partial charge in [-0.2, -0.15) is 0 Å². The molecular weight excluding hydrogens is 386 g/mol. The Morgan fingerprint density at radius 2 is 1.89 bits per heavy atom. The van der Waals surface area contributed by atoms with Crippen molar-refractivity contribution in [3.63, 3.8) is 0 Å². The number of rotatable bonds is 3. The van der Waals surface area contributed by atoms with E-state index in [1.807, 2.05) is 26.8 Å². The van der Waals surface area contributed by atoms with Crippen LogP contribution < -0.4 is 0 Å². The number of aliphatic hydroxyl groups excluding tert-OH is 1. The highest BCUT2D eigenvalue weighted by Crippen LogP contribution is 2.43. The minimum absolute atomic E-state index is 0.0910. The van der Waals surface area contributed by atoms with Crippen LogP contribution in [0.15, 0.2) is 36.1 Å². The van der Waals surface area contributed by atoms with Gasteiger partial charge in [0.2, 0.25) is 0 Å². The summed E-state index contributed by atoms with van der Waals surface area (Å²) in [6.07, 6.45) is 1.65. The van der Waals surface area contributed by atoms with Crippen molar-refractivity contribution in [1.29, 1.82) is 0 Å². The molecule has 0 aliphatic heterocycles. The van der Waals surface area contributed by atoms with Gasteiger partial charge in [-0.15, -0.1) is 0 Å². The zero-order chi connectivity index (χ0) is 19.9. The highest BCUT2D eigenvalue weighted by molar-refractivity contribution is 6.36. The monoisotopic (exact) mass is 406 g/mol. The summed E-state index contributed by atoms with van der Waals surface area (Å²) >= 11 is 12.1. The number of aliphatic hydroxyl groups is 1. The van der Waals surface area contributed by atoms with Gasteiger partial charge >= 0.3 is 0 Å². The average molecular weight is 407 g/mol. The van der Waals surface area contributed by atoms with Gasteiger partial charge in [-0.1, -0.05) is 56.1 Å². The van der Waals surface area contributed by atoms with Crippen molar-refractivity contribution in [2.24, 2.45) is 5.41 Å². The summed E-state index contributed by atoms with van der Waals surface area (Å²) in [5.74, 6) is -0.536. The number of carbonyl (C=O) groups excluding carboxylic acids is 1. The molecule has 0 saturated carbocycles. The van der Waals surface area contributed by atoms with Crippen molar-refractivity contribution in [1.82, 2.24) is 0 Å². The van der Waals surface area contributed by atoms with E-state index in [0.29, 0.717) is 36.0 Å². The van der Waals surface area contributed by atoms with Crippen molar-refractivity contribution < 1.29 is 14.3 Å². The van der Waals surface area contributed by atoms with Crippen LogP contribution in [-0.2, 0) is 11.2 Å². The van der Waals surface area contributed by atoms with Crippen molar-refractivity contribution in [2.75, 3.05) is 0 Å². The average Bonchev–Trinajstić information content (AvgIpc) is 2.58. The summed E-state index contributed by atoms with van der Waals surface area (Å²) in [7, 11) is 0. The lowest BCUT2D eigenvalue weighted by Crippen LogP contribution is -2.25. The van der Waals surface area contributed by atoms with Crippen LogP contribution in [0.1, 0.15) is 44.7 Å². The van der Waals surface area contributed by atoms with E-state index < -0.39 is 11.2 Å². The summed E-state index contributed by atoms with van der Waals surface area (Å²) in [6, 6.07) is 8.06. The molecule has 0 heterocycles. The SMILES string of the molecule is CCc1ccc(-c2c(F)cc(Cl)cc2Cl)cc1C1=C(O)C(C)(C)CCC1=O. The third-order valence-electron chi connectivity index (χ3n) is 5.19. The first-order valence-electron chi connectivity index (χ1n) is 8.91. The maximum Gasteiger partial charge on any atom is 0.166 e. The van der Waals surface area contributed by atoms with Crippen molar-refractivity contribution >= 4 is 34.6 Å². The van der Waals surface area contributed by atoms with E-state index in [0.717, 1.165) is 5.56 Å². The van der Waals surface area contributed by atoms with Gasteiger partial charge in [-0.3, -0.25) is 4.79 Å². The molecule has 2 nitrogen and oxygen atoms in total. The maximum atomic E-state index is 14.5. The molecule has 0 unspecified atom stereocenters. The first kappa shape index (κ1) is 19.9. The summed E-state index contributed by atoms with van der Waals surface area (Å²) in [6.45, 7) is 5.81. The number of allylic oxidation sites excluding steroid dienone is 2.